The van der Waals surface area contributed by atoms with Crippen molar-refractivity contribution >= 4 is 16.1 Å². The Morgan fingerprint density at radius 3 is 1.60 bits per heavy atom. The van der Waals surface area contributed by atoms with Crippen molar-refractivity contribution in [3.8, 4) is 0 Å². The van der Waals surface area contributed by atoms with Gasteiger partial charge in [0.2, 0.25) is 0 Å². The maximum absolute atomic E-state index is 11.4. The van der Waals surface area contributed by atoms with Gasteiger partial charge in [-0.1, -0.05) is 84.0 Å². The van der Waals surface area contributed by atoms with Gasteiger partial charge in [0.15, 0.2) is 0 Å². The van der Waals surface area contributed by atoms with Crippen LogP contribution in [0.25, 0.3) is 5.73 Å². The van der Waals surface area contributed by atoms with Gasteiger partial charge in [-0.15, -0.1) is 6.54 Å². The van der Waals surface area contributed by atoms with Crippen LogP contribution in [0.4, 0.5) is 0 Å². The summed E-state index contributed by atoms with van der Waals surface area (Å²) in [6.07, 6.45) is 16.0. The second-order valence-electron chi connectivity index (χ2n) is 6.46. The van der Waals surface area contributed by atoms with Gasteiger partial charge in [0.05, 0.1) is 5.75 Å². The third kappa shape index (κ3) is 20.5. The molecule has 0 bridgehead atoms. The predicted octanol–water partition coefficient (Wildman–Crippen LogP) is 2.40. The minimum Gasteiger partial charge on any atom is -0.676 e. The molecule has 144 valence electrons. The SMILES string of the molecule is CCCCCCCCCCCCCCCC(=O)OS(=O)(=O)CC[NH-].[Na+]. The van der Waals surface area contributed by atoms with Gasteiger partial charge in [0.1, 0.15) is 0 Å². The summed E-state index contributed by atoms with van der Waals surface area (Å²) in [6, 6.07) is 0. The van der Waals surface area contributed by atoms with Gasteiger partial charge in [0.25, 0.3) is 0 Å². The Bertz CT molecular complexity index is 402. The zero-order valence-electron chi connectivity index (χ0n) is 16.4. The Balaban J connectivity index is 0. The first-order valence-electron chi connectivity index (χ1n) is 9.61. The molecule has 0 aliphatic heterocycles. The van der Waals surface area contributed by atoms with E-state index in [0.29, 0.717) is 6.42 Å². The molecule has 1 N–H and O–H groups in total. The first-order chi connectivity index (χ1) is 11.5. The van der Waals surface area contributed by atoms with E-state index in [1.807, 2.05) is 0 Å². The molecule has 7 heteroatoms. The van der Waals surface area contributed by atoms with Crippen LogP contribution >= 0.6 is 0 Å². The Labute approximate surface area is 177 Å². The number of hydrogen-bond donors (Lipinski definition) is 0. The largest absolute Gasteiger partial charge is 1.00 e. The van der Waals surface area contributed by atoms with Crippen LogP contribution in [-0.2, 0) is 19.1 Å². The van der Waals surface area contributed by atoms with Gasteiger partial charge in [-0.25, -0.2) is 0 Å². The summed E-state index contributed by atoms with van der Waals surface area (Å²) < 4.78 is 26.8. The second-order valence-corrected chi connectivity index (χ2v) is 8.15. The molecule has 0 fully saturated rings. The second kappa shape index (κ2) is 19.2. The molecule has 0 aliphatic carbocycles. The van der Waals surface area contributed by atoms with Crippen molar-refractivity contribution < 1.29 is 47.0 Å². The summed E-state index contributed by atoms with van der Waals surface area (Å²) in [5.74, 6) is -1.11. The van der Waals surface area contributed by atoms with Crippen molar-refractivity contribution in [1.29, 1.82) is 0 Å². The van der Waals surface area contributed by atoms with Gasteiger partial charge in [-0.3, -0.25) is 4.79 Å². The van der Waals surface area contributed by atoms with Crippen molar-refractivity contribution in [2.75, 3.05) is 12.3 Å². The minimum atomic E-state index is -3.84. The number of carbonyl (C=O) groups excluding carboxylic acids is 1. The quantitative estimate of drug-likeness (QED) is 0.219. The van der Waals surface area contributed by atoms with Crippen molar-refractivity contribution in [3.05, 3.63) is 5.73 Å². The van der Waals surface area contributed by atoms with Gasteiger partial charge in [0, 0.05) is 6.42 Å². The Morgan fingerprint density at radius 1 is 0.800 bits per heavy atom. The van der Waals surface area contributed by atoms with Crippen molar-refractivity contribution in [2.45, 2.75) is 96.8 Å². The molecule has 0 rings (SSSR count). The summed E-state index contributed by atoms with van der Waals surface area (Å²) in [4.78, 5) is 11.4. The van der Waals surface area contributed by atoms with Crippen LogP contribution in [0, 0.1) is 0 Å². The molecule has 0 saturated carbocycles. The van der Waals surface area contributed by atoms with Gasteiger partial charge in [-0.2, -0.15) is 8.42 Å². The fourth-order valence-corrected chi connectivity index (χ4v) is 3.34. The molecule has 0 aromatic rings. The van der Waals surface area contributed by atoms with Crippen LogP contribution in [0.1, 0.15) is 96.8 Å². The van der Waals surface area contributed by atoms with Gasteiger partial charge < -0.3 is 9.92 Å². The number of nitrogens with one attached hydrogen (secondary N) is 1. The molecule has 25 heavy (non-hydrogen) atoms. The van der Waals surface area contributed by atoms with E-state index in [2.05, 4.69) is 11.1 Å². The molecule has 0 heterocycles. The van der Waals surface area contributed by atoms with Crippen LogP contribution in [-0.4, -0.2) is 26.7 Å². The average Bonchev–Trinajstić information content (AvgIpc) is 2.51. The van der Waals surface area contributed by atoms with E-state index in [4.69, 9.17) is 5.73 Å². The molecule has 0 aromatic heterocycles. The van der Waals surface area contributed by atoms with Crippen molar-refractivity contribution in [2.24, 2.45) is 0 Å². The van der Waals surface area contributed by atoms with E-state index in [1.54, 1.807) is 0 Å². The molecule has 0 unspecified atom stereocenters. The summed E-state index contributed by atoms with van der Waals surface area (Å²) in [7, 11) is -3.84. The Hall–Kier alpha value is 0.380. The number of unbranched alkanes of at least 4 members (excludes halogenated alkanes) is 12. The molecule has 0 aromatic carbocycles. The Kier molecular flexibility index (Phi) is 21.1. The summed E-state index contributed by atoms with van der Waals surface area (Å²) in [6.45, 7) is 1.96. The maximum Gasteiger partial charge on any atom is 1.00 e. The Morgan fingerprint density at radius 2 is 1.20 bits per heavy atom. The topological polar surface area (TPSA) is 84.2 Å². The average molecular weight is 386 g/mol. The molecule has 0 atom stereocenters. The zero-order valence-corrected chi connectivity index (χ0v) is 19.2. The fourth-order valence-electron chi connectivity index (χ4n) is 2.64. The summed E-state index contributed by atoms with van der Waals surface area (Å²) in [5.41, 5.74) is 6.84. The molecule has 5 nitrogen and oxygen atoms in total. The fraction of sp³-hybridized carbons (Fsp3) is 0.944. The zero-order chi connectivity index (χ0) is 18.1. The van der Waals surface area contributed by atoms with Gasteiger partial charge >= 0.3 is 45.6 Å². The van der Waals surface area contributed by atoms with E-state index in [0.717, 1.165) is 12.8 Å². The molecular weight excluding hydrogens is 349 g/mol. The first kappa shape index (κ1) is 27.6. The monoisotopic (exact) mass is 385 g/mol. The maximum atomic E-state index is 11.4. The van der Waals surface area contributed by atoms with Crippen molar-refractivity contribution in [3.63, 3.8) is 0 Å². The standard InChI is InChI=1S/C18H36NO4S.Na/c1-2-3-4-5-6-7-8-9-10-11-12-13-14-15-18(20)23-24(21,22)17-16-19;/h19H,2-17H2,1H3;/q-1;+1. The van der Waals surface area contributed by atoms with E-state index in [1.165, 1.54) is 64.2 Å². The third-order valence-electron chi connectivity index (χ3n) is 4.06. The van der Waals surface area contributed by atoms with Crippen LogP contribution < -0.4 is 29.6 Å². The predicted molar refractivity (Wildman–Crippen MR) is 99.4 cm³/mol. The molecular formula is C18H36NNaO4S. The number of hydrogen-bond acceptors (Lipinski definition) is 4. The molecule has 0 radical (unpaired) electrons. The van der Waals surface area contributed by atoms with E-state index < -0.39 is 21.8 Å². The van der Waals surface area contributed by atoms with Crippen LogP contribution in [0.2, 0.25) is 0 Å². The molecule has 0 amide bonds. The van der Waals surface area contributed by atoms with Crippen LogP contribution in [0.15, 0.2) is 0 Å². The normalized spacial score (nSPS) is 11.1. The van der Waals surface area contributed by atoms with E-state index in [-0.39, 0.29) is 42.5 Å². The van der Waals surface area contributed by atoms with Crippen LogP contribution in [0.3, 0.4) is 0 Å². The van der Waals surface area contributed by atoms with E-state index in [9.17, 15) is 13.2 Å². The third-order valence-corrected chi connectivity index (χ3v) is 5.20. The first-order valence-corrected chi connectivity index (χ1v) is 11.2. The summed E-state index contributed by atoms with van der Waals surface area (Å²) in [5, 5.41) is 0. The smallest absolute Gasteiger partial charge is 0.676 e. The minimum absolute atomic E-state index is 0. The summed E-state index contributed by atoms with van der Waals surface area (Å²) >= 11 is 0. The van der Waals surface area contributed by atoms with Crippen LogP contribution in [0.5, 0.6) is 0 Å². The van der Waals surface area contributed by atoms with E-state index >= 15 is 0 Å². The van der Waals surface area contributed by atoms with Gasteiger partial charge in [-0.05, 0) is 6.42 Å². The molecule has 0 aliphatic rings. The number of rotatable bonds is 17. The molecule has 0 spiro atoms. The van der Waals surface area contributed by atoms with Crippen molar-refractivity contribution in [1.82, 2.24) is 0 Å². The molecule has 0 saturated heterocycles. The number of carbonyl (C=O) groups is 1.